The van der Waals surface area contributed by atoms with Gasteiger partial charge in [0, 0.05) is 37.8 Å². The molecule has 0 aromatic carbocycles. The number of anilines is 2. The second-order valence-electron chi connectivity index (χ2n) is 7.38. The number of ether oxygens (including phenoxy) is 1. The number of hydrogen-bond donors (Lipinski definition) is 2. The number of pyridine rings is 1. The van der Waals surface area contributed by atoms with Crippen LogP contribution in [0.25, 0.3) is 11.3 Å². The maximum atomic E-state index is 11.9. The van der Waals surface area contributed by atoms with Gasteiger partial charge in [-0.15, -0.1) is 0 Å². The van der Waals surface area contributed by atoms with Crippen LogP contribution in [0.5, 0.6) is 0 Å². The molecule has 10 nitrogen and oxygen atoms in total. The summed E-state index contributed by atoms with van der Waals surface area (Å²) in [6.07, 6.45) is 1.89. The fourth-order valence-electron chi connectivity index (χ4n) is 2.73. The Balaban J connectivity index is 0.000000225. The van der Waals surface area contributed by atoms with Crippen molar-refractivity contribution in [2.75, 3.05) is 37.4 Å². The molecule has 2 aromatic rings. The number of rotatable bonds is 6. The molecule has 2 N–H and O–H groups in total. The molecule has 13 heteroatoms. The molecule has 0 radical (unpaired) electrons. The minimum atomic E-state index is -4.47. The smallest absolute Gasteiger partial charge is 0.383 e. The lowest BCUT2D eigenvalue weighted by atomic mass is 10.1. The maximum absolute atomic E-state index is 11.9. The zero-order valence-corrected chi connectivity index (χ0v) is 19.2. The number of amides is 1. The molecule has 0 bridgehead atoms. The highest BCUT2D eigenvalue weighted by molar-refractivity contribution is 5.67. The summed E-state index contributed by atoms with van der Waals surface area (Å²) in [5, 5.41) is 15.0. The van der Waals surface area contributed by atoms with Gasteiger partial charge >= 0.3 is 6.18 Å². The average Bonchev–Trinajstić information content (AvgIpc) is 3.58. The Labute approximate surface area is 200 Å². The largest absolute Gasteiger partial charge is 0.433 e. The van der Waals surface area contributed by atoms with Crippen molar-refractivity contribution in [2.45, 2.75) is 32.2 Å². The van der Waals surface area contributed by atoms with Gasteiger partial charge in [0.25, 0.3) is 0 Å². The molecule has 2 fully saturated rings. The second kappa shape index (κ2) is 13.2. The lowest BCUT2D eigenvalue weighted by Crippen LogP contribution is -2.41. The predicted molar refractivity (Wildman–Crippen MR) is 121 cm³/mol. The van der Waals surface area contributed by atoms with Crippen LogP contribution in [-0.4, -0.2) is 71.7 Å². The molecule has 1 amide bonds. The number of alkyl halides is 3. The van der Waals surface area contributed by atoms with Gasteiger partial charge in [-0.2, -0.15) is 18.4 Å². The third-order valence-electron chi connectivity index (χ3n) is 4.72. The second-order valence-corrected chi connectivity index (χ2v) is 7.38. The SMILES string of the molecule is CCNc1cc(-c2cnc(NC)cn2)cnc1C#N.O=CC1CC1.O=CN1CCOC1C(F)(F)F. The topological polar surface area (TPSA) is 133 Å². The van der Waals surface area contributed by atoms with Crippen molar-refractivity contribution in [1.29, 1.82) is 5.26 Å². The van der Waals surface area contributed by atoms with Gasteiger partial charge < -0.3 is 25.1 Å². The van der Waals surface area contributed by atoms with Crippen LogP contribution in [0.15, 0.2) is 24.7 Å². The van der Waals surface area contributed by atoms with E-state index in [0.29, 0.717) is 28.0 Å². The molecule has 1 aliphatic heterocycles. The lowest BCUT2D eigenvalue weighted by Gasteiger charge is -2.20. The average molecular weight is 493 g/mol. The standard InChI is InChI=1S/C13H14N6.C5H6F3NO2.C4H6O/c1-3-16-10-4-9(6-17-11(10)5-14)12-7-19-13(15-2)8-18-12;6-5(7,8)4-9(3-10)1-2-11-4;5-3-4-1-2-4/h4,6-8,16H,3H2,1-2H3,(H,15,19);3-4H,1-2H2;3-4H,1-2H2. The van der Waals surface area contributed by atoms with Crippen LogP contribution >= 0.6 is 0 Å². The minimum Gasteiger partial charge on any atom is -0.383 e. The zero-order valence-electron chi connectivity index (χ0n) is 19.2. The maximum Gasteiger partial charge on any atom is 0.433 e. The van der Waals surface area contributed by atoms with E-state index in [0.717, 1.165) is 36.9 Å². The van der Waals surface area contributed by atoms with Crippen LogP contribution in [-0.2, 0) is 14.3 Å². The summed E-state index contributed by atoms with van der Waals surface area (Å²) in [6.45, 7) is 2.65. The molecular weight excluding hydrogens is 467 g/mol. The van der Waals surface area contributed by atoms with E-state index in [1.54, 1.807) is 25.6 Å². The molecule has 4 rings (SSSR count). The molecule has 0 spiro atoms. The Kier molecular flexibility index (Phi) is 10.3. The molecular formula is C22H26F3N7O3. The van der Waals surface area contributed by atoms with Crippen molar-refractivity contribution in [3.63, 3.8) is 0 Å². The van der Waals surface area contributed by atoms with E-state index in [1.165, 1.54) is 0 Å². The third kappa shape index (κ3) is 8.49. The Morgan fingerprint density at radius 1 is 1.23 bits per heavy atom. The van der Waals surface area contributed by atoms with E-state index in [2.05, 4.69) is 36.4 Å². The summed E-state index contributed by atoms with van der Waals surface area (Å²) >= 11 is 0. The monoisotopic (exact) mass is 493 g/mol. The molecule has 2 aliphatic rings. The van der Waals surface area contributed by atoms with E-state index in [1.807, 2.05) is 13.0 Å². The molecule has 1 atom stereocenters. The molecule has 1 unspecified atom stereocenters. The van der Waals surface area contributed by atoms with Crippen molar-refractivity contribution in [3.8, 4) is 17.3 Å². The van der Waals surface area contributed by atoms with Crippen LogP contribution in [0, 0.1) is 17.2 Å². The van der Waals surface area contributed by atoms with Crippen molar-refractivity contribution >= 4 is 24.2 Å². The van der Waals surface area contributed by atoms with Crippen LogP contribution in [0.4, 0.5) is 24.7 Å². The van der Waals surface area contributed by atoms with Crippen LogP contribution in [0.2, 0.25) is 0 Å². The summed E-state index contributed by atoms with van der Waals surface area (Å²) in [5.41, 5.74) is 2.63. The fraction of sp³-hybridized carbons (Fsp3) is 0.455. The number of carbonyl (C=O) groups is 2. The van der Waals surface area contributed by atoms with Crippen molar-refractivity contribution in [2.24, 2.45) is 5.92 Å². The molecule has 35 heavy (non-hydrogen) atoms. The Hall–Kier alpha value is -3.79. The first-order valence-corrected chi connectivity index (χ1v) is 10.8. The van der Waals surface area contributed by atoms with Gasteiger partial charge in [0.1, 0.15) is 18.2 Å². The highest BCUT2D eigenvalue weighted by Crippen LogP contribution is 2.27. The summed E-state index contributed by atoms with van der Waals surface area (Å²) in [6, 6.07) is 3.92. The van der Waals surface area contributed by atoms with Gasteiger partial charge in [-0.3, -0.25) is 9.78 Å². The number of hydrogen-bond acceptors (Lipinski definition) is 9. The van der Waals surface area contributed by atoms with E-state index in [9.17, 15) is 22.8 Å². The molecule has 1 saturated carbocycles. The van der Waals surface area contributed by atoms with Gasteiger partial charge in [0.05, 0.1) is 30.4 Å². The summed E-state index contributed by atoms with van der Waals surface area (Å²) in [5.74, 6) is 1.16. The summed E-state index contributed by atoms with van der Waals surface area (Å²) in [4.78, 5) is 32.8. The number of aromatic nitrogens is 3. The third-order valence-corrected chi connectivity index (χ3v) is 4.72. The van der Waals surface area contributed by atoms with Gasteiger partial charge in [-0.05, 0) is 25.8 Å². The zero-order chi connectivity index (χ0) is 25.8. The normalized spacial score (nSPS) is 16.6. The molecule has 2 aromatic heterocycles. The van der Waals surface area contributed by atoms with Crippen LogP contribution in [0.3, 0.4) is 0 Å². The molecule has 188 valence electrons. The van der Waals surface area contributed by atoms with Gasteiger partial charge in [-0.25, -0.2) is 9.97 Å². The van der Waals surface area contributed by atoms with Crippen molar-refractivity contribution in [1.82, 2.24) is 19.9 Å². The minimum absolute atomic E-state index is 0.00762. The number of nitrogens with one attached hydrogen (secondary N) is 2. The summed E-state index contributed by atoms with van der Waals surface area (Å²) < 4.78 is 39.9. The number of nitriles is 1. The first-order valence-electron chi connectivity index (χ1n) is 10.8. The van der Waals surface area contributed by atoms with Crippen molar-refractivity contribution in [3.05, 3.63) is 30.4 Å². The highest BCUT2D eigenvalue weighted by atomic mass is 19.4. The lowest BCUT2D eigenvalue weighted by molar-refractivity contribution is -0.235. The predicted octanol–water partition coefficient (Wildman–Crippen LogP) is 2.84. The van der Waals surface area contributed by atoms with E-state index in [-0.39, 0.29) is 19.6 Å². The fourth-order valence-corrected chi connectivity index (χ4v) is 2.73. The molecule has 3 heterocycles. The number of carbonyl (C=O) groups excluding carboxylic acids is 2. The Morgan fingerprint density at radius 2 is 1.97 bits per heavy atom. The first-order chi connectivity index (χ1) is 16.8. The number of halogens is 3. The van der Waals surface area contributed by atoms with Gasteiger partial charge in [0.15, 0.2) is 5.69 Å². The first kappa shape index (κ1) is 27.5. The van der Waals surface area contributed by atoms with Gasteiger partial charge in [0.2, 0.25) is 12.6 Å². The van der Waals surface area contributed by atoms with Crippen LogP contribution in [0.1, 0.15) is 25.5 Å². The molecule has 1 aliphatic carbocycles. The molecule has 1 saturated heterocycles. The van der Waals surface area contributed by atoms with E-state index in [4.69, 9.17) is 5.26 Å². The van der Waals surface area contributed by atoms with E-state index >= 15 is 0 Å². The summed E-state index contributed by atoms with van der Waals surface area (Å²) in [7, 11) is 1.79. The van der Waals surface area contributed by atoms with E-state index < -0.39 is 12.4 Å². The Morgan fingerprint density at radius 3 is 2.40 bits per heavy atom. The van der Waals surface area contributed by atoms with Crippen LogP contribution < -0.4 is 10.6 Å². The number of aldehydes is 1. The van der Waals surface area contributed by atoms with Crippen molar-refractivity contribution < 1.29 is 27.5 Å². The Bertz CT molecular complexity index is 1010. The number of nitrogens with zero attached hydrogens (tertiary/aromatic N) is 5. The quantitative estimate of drug-likeness (QED) is 0.583. The highest BCUT2D eigenvalue weighted by Gasteiger charge is 2.47. The van der Waals surface area contributed by atoms with Gasteiger partial charge in [-0.1, -0.05) is 0 Å².